The number of carbonyl (C=O) groups is 1. The molecule has 126 valence electrons. The molecule has 7 nitrogen and oxygen atoms in total. The highest BCUT2D eigenvalue weighted by molar-refractivity contribution is 5.90. The second-order valence-electron chi connectivity index (χ2n) is 6.23. The summed E-state index contributed by atoms with van der Waals surface area (Å²) in [6.07, 6.45) is 1.73. The predicted octanol–water partition coefficient (Wildman–Crippen LogP) is 1.93. The van der Waals surface area contributed by atoms with Gasteiger partial charge in [0, 0.05) is 30.8 Å². The molecule has 0 saturated carbocycles. The average molecular weight is 328 g/mol. The summed E-state index contributed by atoms with van der Waals surface area (Å²) in [7, 11) is 0. The van der Waals surface area contributed by atoms with Crippen molar-refractivity contribution in [3.63, 3.8) is 0 Å². The van der Waals surface area contributed by atoms with Gasteiger partial charge >= 0.3 is 0 Å². The molecule has 2 N–H and O–H groups in total. The molecule has 7 heteroatoms. The summed E-state index contributed by atoms with van der Waals surface area (Å²) >= 11 is 0. The maximum Gasteiger partial charge on any atom is 0.232 e. The molecule has 2 bridgehead atoms. The van der Waals surface area contributed by atoms with Crippen molar-refractivity contribution < 1.29 is 14.1 Å². The van der Waals surface area contributed by atoms with E-state index in [4.69, 9.17) is 9.26 Å². The summed E-state index contributed by atoms with van der Waals surface area (Å²) < 4.78 is 11.4. The standard InChI is InChI=1S/C17H20N4O3/c1-2-15(22)19-11-5-3-10(4-6-11)16-20-17(24-21-16)13-7-12-8-18-9-14(13)23-12/h3-6,12-14,18H,2,7-9H2,1H3,(H,19,22). The van der Waals surface area contributed by atoms with Gasteiger partial charge in [-0.1, -0.05) is 12.1 Å². The van der Waals surface area contributed by atoms with E-state index in [0.29, 0.717) is 18.1 Å². The van der Waals surface area contributed by atoms with Crippen LogP contribution in [0.1, 0.15) is 31.6 Å². The van der Waals surface area contributed by atoms with E-state index in [9.17, 15) is 4.79 Å². The predicted molar refractivity (Wildman–Crippen MR) is 87.5 cm³/mol. The van der Waals surface area contributed by atoms with Gasteiger partial charge in [0.1, 0.15) is 0 Å². The minimum atomic E-state index is -0.00874. The van der Waals surface area contributed by atoms with Gasteiger partial charge in [-0.25, -0.2) is 0 Å². The number of ether oxygens (including phenoxy) is 1. The second kappa shape index (κ2) is 6.33. The van der Waals surface area contributed by atoms with Gasteiger partial charge in [0.2, 0.25) is 17.6 Å². The molecule has 3 unspecified atom stereocenters. The number of anilines is 1. The Bertz CT molecular complexity index is 728. The maximum absolute atomic E-state index is 11.4. The molecule has 1 aromatic heterocycles. The average Bonchev–Trinajstić information content (AvgIpc) is 3.20. The normalized spacial score (nSPS) is 25.6. The number of nitrogens with one attached hydrogen (secondary N) is 2. The molecule has 2 saturated heterocycles. The zero-order valence-corrected chi connectivity index (χ0v) is 13.5. The lowest BCUT2D eigenvalue weighted by atomic mass is 10.0. The monoisotopic (exact) mass is 328 g/mol. The third-order valence-corrected chi connectivity index (χ3v) is 4.56. The van der Waals surface area contributed by atoms with Crippen LogP contribution in [0.15, 0.2) is 28.8 Å². The number of rotatable bonds is 4. The molecule has 0 spiro atoms. The zero-order chi connectivity index (χ0) is 16.5. The summed E-state index contributed by atoms with van der Waals surface area (Å²) in [4.78, 5) is 16.0. The SMILES string of the molecule is CCC(=O)Nc1ccc(-c2noc(C3CC4CNCC3O4)n2)cc1. The number of hydrogen-bond acceptors (Lipinski definition) is 6. The van der Waals surface area contributed by atoms with Crippen LogP contribution in [0.3, 0.4) is 0 Å². The molecular formula is C17H20N4O3. The topological polar surface area (TPSA) is 89.3 Å². The van der Waals surface area contributed by atoms with Crippen molar-refractivity contribution in [1.82, 2.24) is 15.5 Å². The summed E-state index contributed by atoms with van der Waals surface area (Å²) in [5, 5.41) is 10.3. The van der Waals surface area contributed by atoms with E-state index in [1.807, 2.05) is 31.2 Å². The number of amides is 1. The lowest BCUT2D eigenvalue weighted by molar-refractivity contribution is -0.115. The van der Waals surface area contributed by atoms with Crippen molar-refractivity contribution in [2.45, 2.75) is 37.9 Å². The lowest BCUT2D eigenvalue weighted by Crippen LogP contribution is -2.39. The van der Waals surface area contributed by atoms with Gasteiger partial charge < -0.3 is 19.9 Å². The molecule has 2 aliphatic rings. The van der Waals surface area contributed by atoms with Gasteiger partial charge in [0.05, 0.1) is 18.1 Å². The first-order valence-corrected chi connectivity index (χ1v) is 8.33. The Labute approximate surface area is 139 Å². The van der Waals surface area contributed by atoms with Crippen molar-refractivity contribution in [3.8, 4) is 11.4 Å². The van der Waals surface area contributed by atoms with Gasteiger partial charge in [0.15, 0.2) is 0 Å². The Morgan fingerprint density at radius 2 is 2.17 bits per heavy atom. The Kier molecular flexibility index (Phi) is 4.03. The molecule has 3 atom stereocenters. The first-order valence-electron chi connectivity index (χ1n) is 8.33. The van der Waals surface area contributed by atoms with Gasteiger partial charge in [-0.15, -0.1) is 0 Å². The van der Waals surface area contributed by atoms with Crippen molar-refractivity contribution in [1.29, 1.82) is 0 Å². The fourth-order valence-corrected chi connectivity index (χ4v) is 3.26. The highest BCUT2D eigenvalue weighted by Crippen LogP contribution is 2.36. The van der Waals surface area contributed by atoms with Crippen LogP contribution >= 0.6 is 0 Å². The summed E-state index contributed by atoms with van der Waals surface area (Å²) in [5.41, 5.74) is 1.62. The quantitative estimate of drug-likeness (QED) is 0.891. The fraction of sp³-hybridized carbons (Fsp3) is 0.471. The van der Waals surface area contributed by atoms with E-state index < -0.39 is 0 Å². The summed E-state index contributed by atoms with van der Waals surface area (Å²) in [6, 6.07) is 7.44. The van der Waals surface area contributed by atoms with Crippen LogP contribution in [0.2, 0.25) is 0 Å². The van der Waals surface area contributed by atoms with E-state index in [1.165, 1.54) is 0 Å². The molecule has 0 radical (unpaired) electrons. The summed E-state index contributed by atoms with van der Waals surface area (Å²) in [5.74, 6) is 1.36. The van der Waals surface area contributed by atoms with Gasteiger partial charge in [0.25, 0.3) is 0 Å². The van der Waals surface area contributed by atoms with E-state index in [2.05, 4.69) is 20.8 Å². The van der Waals surface area contributed by atoms with Crippen molar-refractivity contribution in [3.05, 3.63) is 30.2 Å². The van der Waals surface area contributed by atoms with E-state index >= 15 is 0 Å². The largest absolute Gasteiger partial charge is 0.371 e. The molecular weight excluding hydrogens is 308 g/mol. The van der Waals surface area contributed by atoms with Crippen LogP contribution in [0.5, 0.6) is 0 Å². The minimum absolute atomic E-state index is 0.00874. The first-order chi connectivity index (χ1) is 11.7. The van der Waals surface area contributed by atoms with Gasteiger partial charge in [-0.05, 0) is 30.7 Å². The highest BCUT2D eigenvalue weighted by atomic mass is 16.5. The first kappa shape index (κ1) is 15.3. The number of benzene rings is 1. The third kappa shape index (κ3) is 2.92. The number of carbonyl (C=O) groups excluding carboxylic acids is 1. The molecule has 24 heavy (non-hydrogen) atoms. The molecule has 2 aliphatic heterocycles. The van der Waals surface area contributed by atoms with Crippen LogP contribution in [0.25, 0.3) is 11.4 Å². The molecule has 1 amide bonds. The van der Waals surface area contributed by atoms with E-state index in [-0.39, 0.29) is 24.0 Å². The number of hydrogen-bond donors (Lipinski definition) is 2. The highest BCUT2D eigenvalue weighted by Gasteiger charge is 2.41. The Balaban J connectivity index is 1.49. The number of nitrogens with zero attached hydrogens (tertiary/aromatic N) is 2. The van der Waals surface area contributed by atoms with Crippen LogP contribution < -0.4 is 10.6 Å². The Morgan fingerprint density at radius 1 is 1.33 bits per heavy atom. The molecule has 4 rings (SSSR count). The second-order valence-corrected chi connectivity index (χ2v) is 6.23. The zero-order valence-electron chi connectivity index (χ0n) is 13.5. The Hall–Kier alpha value is -2.25. The third-order valence-electron chi connectivity index (χ3n) is 4.56. The van der Waals surface area contributed by atoms with Crippen LogP contribution in [-0.2, 0) is 9.53 Å². The Morgan fingerprint density at radius 3 is 2.92 bits per heavy atom. The summed E-state index contributed by atoms with van der Waals surface area (Å²) in [6.45, 7) is 3.53. The van der Waals surface area contributed by atoms with E-state index in [1.54, 1.807) is 0 Å². The molecule has 3 heterocycles. The molecule has 2 fully saturated rings. The van der Waals surface area contributed by atoms with Gasteiger partial charge in [-0.3, -0.25) is 4.79 Å². The van der Waals surface area contributed by atoms with Crippen molar-refractivity contribution >= 4 is 11.6 Å². The molecule has 2 aromatic rings. The van der Waals surface area contributed by atoms with E-state index in [0.717, 1.165) is 30.8 Å². The minimum Gasteiger partial charge on any atom is -0.371 e. The number of fused-ring (bicyclic) bond motifs is 2. The smallest absolute Gasteiger partial charge is 0.232 e. The van der Waals surface area contributed by atoms with Crippen molar-refractivity contribution in [2.24, 2.45) is 0 Å². The van der Waals surface area contributed by atoms with Crippen LogP contribution in [0, 0.1) is 0 Å². The lowest BCUT2D eigenvalue weighted by Gasteiger charge is -2.21. The van der Waals surface area contributed by atoms with Crippen LogP contribution in [0.4, 0.5) is 5.69 Å². The number of aromatic nitrogens is 2. The molecule has 1 aromatic carbocycles. The van der Waals surface area contributed by atoms with Crippen LogP contribution in [-0.4, -0.2) is 41.3 Å². The van der Waals surface area contributed by atoms with Gasteiger partial charge in [-0.2, -0.15) is 4.98 Å². The molecule has 0 aliphatic carbocycles. The maximum atomic E-state index is 11.4. The fourth-order valence-electron chi connectivity index (χ4n) is 3.26. The van der Waals surface area contributed by atoms with Crippen molar-refractivity contribution in [2.75, 3.05) is 18.4 Å². The number of morpholine rings is 1.